The Morgan fingerprint density at radius 1 is 1.30 bits per heavy atom. The van der Waals surface area contributed by atoms with E-state index in [1.54, 1.807) is 30.3 Å². The van der Waals surface area contributed by atoms with E-state index in [-0.39, 0.29) is 28.1 Å². The molecule has 44 heavy (non-hydrogen) atoms. The third-order valence-corrected chi connectivity index (χ3v) is 10.2. The molecule has 2 unspecified atom stereocenters. The van der Waals surface area contributed by atoms with E-state index in [1.165, 1.54) is 18.7 Å². The quantitative estimate of drug-likeness (QED) is 0.247. The fourth-order valence-corrected chi connectivity index (χ4v) is 7.35. The molecule has 3 N–H and O–H groups in total. The van der Waals surface area contributed by atoms with Crippen LogP contribution in [0, 0.1) is 29.1 Å². The molecular weight excluding hydrogens is 642 g/mol. The topological polar surface area (TPSA) is 116 Å². The Bertz CT molecular complexity index is 1710. The average molecular weight is 673 g/mol. The van der Waals surface area contributed by atoms with Crippen LogP contribution in [0.4, 0.5) is 24.7 Å². The van der Waals surface area contributed by atoms with Crippen LogP contribution >= 0.6 is 0 Å². The Labute approximate surface area is 258 Å². The van der Waals surface area contributed by atoms with Crippen LogP contribution in [0.25, 0.3) is 5.52 Å². The molecule has 1 aromatic carbocycles. The number of carbonyl (C=O) groups is 1. The third-order valence-electron chi connectivity index (χ3n) is 8.47. The number of carbonyl (C=O) groups excluding carboxylic acids is 1. The van der Waals surface area contributed by atoms with E-state index >= 15 is 0 Å². The predicted molar refractivity (Wildman–Crippen MR) is 158 cm³/mol. The van der Waals surface area contributed by atoms with Crippen LogP contribution in [-0.4, -0.2) is 98.5 Å². The summed E-state index contributed by atoms with van der Waals surface area (Å²) in [7, 11) is 3.03. The molecule has 1 saturated carbocycles. The molecule has 0 bridgehead atoms. The molecule has 10 nitrogen and oxygen atoms in total. The van der Waals surface area contributed by atoms with E-state index in [1.807, 2.05) is 6.07 Å². The second-order valence-corrected chi connectivity index (χ2v) is 13.4. The molecule has 14 heteroatoms. The van der Waals surface area contributed by atoms with Gasteiger partial charge < -0.3 is 0 Å². The van der Waals surface area contributed by atoms with Crippen molar-refractivity contribution in [1.29, 1.82) is 5.26 Å². The summed E-state index contributed by atoms with van der Waals surface area (Å²) in [5, 5.41) is 19.1. The van der Waals surface area contributed by atoms with Crippen LogP contribution in [0.15, 0.2) is 36.4 Å². The fraction of sp³-hybridized carbons (Fsp3) is 0.433. The molecule has 0 spiro atoms. The van der Waals surface area contributed by atoms with Gasteiger partial charge in [-0.1, -0.05) is 0 Å². The number of anilines is 2. The van der Waals surface area contributed by atoms with Crippen molar-refractivity contribution in [3.05, 3.63) is 47.7 Å². The van der Waals surface area contributed by atoms with E-state index in [4.69, 9.17) is 9.47 Å². The molecule has 2 atom stereocenters. The van der Waals surface area contributed by atoms with Crippen LogP contribution < -0.4 is 25.1 Å². The van der Waals surface area contributed by atoms with Gasteiger partial charge in [0.25, 0.3) is 0 Å². The van der Waals surface area contributed by atoms with Gasteiger partial charge in [0.1, 0.15) is 0 Å². The number of rotatable bonds is 8. The number of methoxy groups -OCH3 is 1. The summed E-state index contributed by atoms with van der Waals surface area (Å²) in [5.74, 6) is 6.90. The summed E-state index contributed by atoms with van der Waals surface area (Å²) in [6.45, 7) is 2.42. The Hall–Kier alpha value is -3.94. The second-order valence-electron chi connectivity index (χ2n) is 11.1. The van der Waals surface area contributed by atoms with Crippen molar-refractivity contribution < 1.29 is 27.4 Å². The molecule has 230 valence electrons. The van der Waals surface area contributed by atoms with Gasteiger partial charge in [-0.3, -0.25) is 0 Å². The van der Waals surface area contributed by atoms with Crippen molar-refractivity contribution in [3.63, 3.8) is 0 Å². The maximum atomic E-state index is 13.7. The number of fused-ring (bicyclic) bond motifs is 2. The van der Waals surface area contributed by atoms with Gasteiger partial charge in [-0.15, -0.1) is 0 Å². The molecule has 2 aromatic heterocycles. The van der Waals surface area contributed by atoms with E-state index in [9.17, 15) is 23.2 Å². The predicted octanol–water partition coefficient (Wildman–Crippen LogP) is 2.18. The minimum atomic E-state index is -4.39. The third kappa shape index (κ3) is 5.66. The first-order valence-corrected chi connectivity index (χ1v) is 15.7. The molecule has 2 saturated heterocycles. The van der Waals surface area contributed by atoms with E-state index in [0.717, 1.165) is 25.9 Å². The summed E-state index contributed by atoms with van der Waals surface area (Å²) in [6, 6.07) is 12.5. The Balaban J connectivity index is 1.23. The number of nitrogens with one attached hydrogen (secondary N) is 3. The fourth-order valence-electron chi connectivity index (χ4n) is 5.93. The number of hydrogen-bond acceptors (Lipinski definition) is 8. The molecule has 3 fully saturated rings. The summed E-state index contributed by atoms with van der Waals surface area (Å²) in [4.78, 5) is 14.2. The zero-order chi connectivity index (χ0) is 31.1. The van der Waals surface area contributed by atoms with Crippen molar-refractivity contribution in [2.75, 3.05) is 57.6 Å². The summed E-state index contributed by atoms with van der Waals surface area (Å²) >= 11 is -1.86. The van der Waals surface area contributed by atoms with Crippen LogP contribution in [0.3, 0.4) is 0 Å². The first-order valence-electron chi connectivity index (χ1n) is 14.0. The molecule has 3 aromatic rings. The van der Waals surface area contributed by atoms with Crippen molar-refractivity contribution in [1.82, 2.24) is 19.8 Å². The number of nitrogens with zero attached hydrogens (tertiary/aromatic N) is 4. The number of hydrogen-bond donors (Lipinski definition) is 3. The van der Waals surface area contributed by atoms with Gasteiger partial charge in [0, 0.05) is 0 Å². The zero-order valence-corrected chi connectivity index (χ0v) is 25.8. The summed E-state index contributed by atoms with van der Waals surface area (Å²) in [6.07, 6.45) is 1.72. The number of likely N-dealkylation sites (tertiary alicyclic amines) is 1. The molecule has 3 aliphatic rings. The summed E-state index contributed by atoms with van der Waals surface area (Å²) in [5.41, 5.74) is 0.649. The van der Waals surface area contributed by atoms with Gasteiger partial charge >= 0.3 is 259 Å². The standard InChI is InChI=1S/C30H30F3N7O3Se/c1-35-27(41)19-8-9-24(42-2)22(13-19)36-11-4-5-21-26(44-30(31,32)33)23-6-3-7-25(40(23)38-21)37-29-10-12-39(15-20(29)14-29)28(16-34)17-43-18-28/h3,6-9,13,20,36-37H,10-12,14-15,17-18H2,1-2H3,(H,35,41). The van der Waals surface area contributed by atoms with Gasteiger partial charge in [-0.05, 0) is 0 Å². The van der Waals surface area contributed by atoms with Crippen LogP contribution in [-0.2, 0) is 4.74 Å². The van der Waals surface area contributed by atoms with E-state index in [2.05, 4.69) is 43.9 Å². The van der Waals surface area contributed by atoms with Gasteiger partial charge in [0.15, 0.2) is 0 Å². The number of nitriles is 1. The molecule has 0 radical (unpaired) electrons. The molecular formula is C30H30F3N7O3Se. The number of amides is 1. The van der Waals surface area contributed by atoms with Crippen LogP contribution in [0.1, 0.15) is 28.9 Å². The maximum absolute atomic E-state index is 13.7. The number of aromatic nitrogens is 2. The molecule has 2 aliphatic heterocycles. The number of alkyl halides is 3. The molecule has 6 rings (SSSR count). The SMILES string of the molecule is CNC(=O)c1ccc(OC)c(NCC#Cc2nn3c(NC45CCN(C6(C#N)COC6)CC4C5)cccc3c2[Se]C(F)(F)F)c1. The van der Waals surface area contributed by atoms with E-state index in [0.29, 0.717) is 47.5 Å². The Morgan fingerprint density at radius 3 is 2.77 bits per heavy atom. The van der Waals surface area contributed by atoms with Crippen molar-refractivity contribution >= 4 is 42.3 Å². The number of ether oxygens (including phenoxy) is 2. The number of benzene rings is 1. The van der Waals surface area contributed by atoms with Crippen LogP contribution in [0.5, 0.6) is 5.75 Å². The monoisotopic (exact) mass is 673 g/mol. The zero-order valence-electron chi connectivity index (χ0n) is 24.0. The Morgan fingerprint density at radius 2 is 2.11 bits per heavy atom. The first kappa shape index (κ1) is 30.1. The second kappa shape index (κ2) is 11.5. The molecule has 1 amide bonds. The van der Waals surface area contributed by atoms with Gasteiger partial charge in [0.05, 0.1) is 0 Å². The van der Waals surface area contributed by atoms with Crippen molar-refractivity contribution in [2.45, 2.75) is 29.0 Å². The number of pyridine rings is 1. The molecule has 4 heterocycles. The first-order chi connectivity index (χ1) is 21.1. The van der Waals surface area contributed by atoms with Crippen molar-refractivity contribution in [3.8, 4) is 23.7 Å². The van der Waals surface area contributed by atoms with E-state index < -0.39 is 25.6 Å². The molecule has 1 aliphatic carbocycles. The van der Waals surface area contributed by atoms with Crippen LogP contribution in [0.2, 0.25) is 0 Å². The van der Waals surface area contributed by atoms with Crippen molar-refractivity contribution in [2.24, 2.45) is 5.92 Å². The van der Waals surface area contributed by atoms with Gasteiger partial charge in [-0.25, -0.2) is 0 Å². The number of halogens is 3. The summed E-state index contributed by atoms with van der Waals surface area (Å²) < 4.78 is 53.4. The Kier molecular flexibility index (Phi) is 7.89. The normalized spacial score (nSPS) is 22.0. The van der Waals surface area contributed by atoms with Gasteiger partial charge in [-0.2, -0.15) is 0 Å². The number of piperidine rings is 1. The minimum absolute atomic E-state index is 0.0703. The van der Waals surface area contributed by atoms with Gasteiger partial charge in [0.2, 0.25) is 0 Å². The average Bonchev–Trinajstić information content (AvgIpc) is 3.59.